The second kappa shape index (κ2) is 6.81. The zero-order valence-corrected chi connectivity index (χ0v) is 11.2. The van der Waals surface area contributed by atoms with Crippen LogP contribution in [0, 0.1) is 11.7 Å². The molecule has 0 spiro atoms. The van der Waals surface area contributed by atoms with E-state index in [1.54, 1.807) is 6.07 Å². The van der Waals surface area contributed by atoms with Crippen LogP contribution in [0.15, 0.2) is 28.7 Å². The maximum absolute atomic E-state index is 13.2. The van der Waals surface area contributed by atoms with Gasteiger partial charge in [-0.3, -0.25) is 0 Å². The molecule has 0 radical (unpaired) electrons. The Hall–Kier alpha value is -0.670. The van der Waals surface area contributed by atoms with Crippen molar-refractivity contribution in [1.82, 2.24) is 5.32 Å². The number of hydrogen-bond donors (Lipinski definition) is 1. The summed E-state index contributed by atoms with van der Waals surface area (Å²) in [6, 6.07) is 5.12. The lowest BCUT2D eigenvalue weighted by molar-refractivity contribution is 0.577. The minimum atomic E-state index is -0.225. The third-order valence-corrected chi connectivity index (χ3v) is 2.71. The van der Waals surface area contributed by atoms with E-state index in [2.05, 4.69) is 35.1 Å². The third-order valence-electron chi connectivity index (χ3n) is 2.07. The van der Waals surface area contributed by atoms with Crippen LogP contribution in [0.2, 0.25) is 0 Å². The van der Waals surface area contributed by atoms with E-state index in [9.17, 15) is 4.39 Å². The number of hydrogen-bond acceptors (Lipinski definition) is 1. The molecule has 16 heavy (non-hydrogen) atoms. The van der Waals surface area contributed by atoms with E-state index in [0.29, 0.717) is 10.4 Å². The molecule has 1 N–H and O–H groups in total. The van der Waals surface area contributed by atoms with Gasteiger partial charge in [-0.05, 0) is 46.1 Å². The van der Waals surface area contributed by atoms with Crippen LogP contribution in [0.25, 0.3) is 6.08 Å². The normalized spacial score (nSPS) is 11.6. The van der Waals surface area contributed by atoms with Gasteiger partial charge in [-0.1, -0.05) is 32.1 Å². The van der Waals surface area contributed by atoms with Crippen molar-refractivity contribution in [3.8, 4) is 0 Å². The Kier molecular flexibility index (Phi) is 5.71. The second-order valence-corrected chi connectivity index (χ2v) is 4.98. The fourth-order valence-electron chi connectivity index (χ4n) is 1.27. The fraction of sp³-hybridized carbons (Fsp3) is 0.385. The van der Waals surface area contributed by atoms with E-state index < -0.39 is 0 Å². The number of nitrogens with one attached hydrogen (secondary N) is 1. The minimum absolute atomic E-state index is 0.225. The van der Waals surface area contributed by atoms with Crippen molar-refractivity contribution in [2.24, 2.45) is 5.92 Å². The van der Waals surface area contributed by atoms with Crippen molar-refractivity contribution in [3.05, 3.63) is 40.1 Å². The Morgan fingerprint density at radius 1 is 1.44 bits per heavy atom. The lowest BCUT2D eigenvalue weighted by Gasteiger charge is -2.03. The highest BCUT2D eigenvalue weighted by Gasteiger charge is 1.97. The average Bonchev–Trinajstić information content (AvgIpc) is 2.22. The van der Waals surface area contributed by atoms with Gasteiger partial charge in [0.1, 0.15) is 5.82 Å². The fourth-order valence-corrected chi connectivity index (χ4v) is 1.51. The quantitative estimate of drug-likeness (QED) is 0.811. The number of halogens is 2. The molecule has 1 aromatic rings. The summed E-state index contributed by atoms with van der Waals surface area (Å²) < 4.78 is 13.7. The Bertz CT molecular complexity index is 361. The molecule has 0 heterocycles. The molecule has 3 heteroatoms. The molecule has 1 rings (SSSR count). The molecule has 0 fully saturated rings. The van der Waals surface area contributed by atoms with Crippen LogP contribution < -0.4 is 5.32 Å². The summed E-state index contributed by atoms with van der Waals surface area (Å²) in [5.41, 5.74) is 0.882. The predicted molar refractivity (Wildman–Crippen MR) is 70.8 cm³/mol. The van der Waals surface area contributed by atoms with Crippen LogP contribution in [0.3, 0.4) is 0 Å². The first-order chi connectivity index (χ1) is 7.59. The Morgan fingerprint density at radius 3 is 2.81 bits per heavy atom. The van der Waals surface area contributed by atoms with E-state index >= 15 is 0 Å². The molecule has 0 aromatic heterocycles. The van der Waals surface area contributed by atoms with E-state index in [0.717, 1.165) is 18.7 Å². The van der Waals surface area contributed by atoms with E-state index in [4.69, 9.17) is 0 Å². The molecule has 0 aliphatic carbocycles. The van der Waals surface area contributed by atoms with Crippen LogP contribution in [-0.4, -0.2) is 13.1 Å². The molecule has 88 valence electrons. The second-order valence-electron chi connectivity index (χ2n) is 4.13. The van der Waals surface area contributed by atoms with E-state index in [-0.39, 0.29) is 5.82 Å². The van der Waals surface area contributed by atoms with Crippen molar-refractivity contribution >= 4 is 22.0 Å². The summed E-state index contributed by atoms with van der Waals surface area (Å²) in [4.78, 5) is 0. The molecule has 0 saturated carbocycles. The molecule has 0 aliphatic rings. The molecule has 0 atom stereocenters. The highest BCUT2D eigenvalue weighted by atomic mass is 79.9. The number of rotatable bonds is 5. The monoisotopic (exact) mass is 285 g/mol. The molecule has 0 unspecified atom stereocenters. The Balaban J connectivity index is 2.41. The minimum Gasteiger partial charge on any atom is -0.313 e. The van der Waals surface area contributed by atoms with Gasteiger partial charge in [-0.15, -0.1) is 0 Å². The standard InChI is InChI=1S/C13H17BrFN/c1-10(2)9-16-7-3-4-11-5-6-12(14)13(15)8-11/h3-6,8,10,16H,7,9H2,1-2H3/b4-3+. The topological polar surface area (TPSA) is 12.0 Å². The lowest BCUT2D eigenvalue weighted by Crippen LogP contribution is -2.19. The van der Waals surface area contributed by atoms with Crippen molar-refractivity contribution in [3.63, 3.8) is 0 Å². The van der Waals surface area contributed by atoms with Crippen molar-refractivity contribution in [2.45, 2.75) is 13.8 Å². The molecule has 1 nitrogen and oxygen atoms in total. The highest BCUT2D eigenvalue weighted by Crippen LogP contribution is 2.16. The molecule has 1 aromatic carbocycles. The molecule has 0 saturated heterocycles. The van der Waals surface area contributed by atoms with Gasteiger partial charge in [0, 0.05) is 6.54 Å². The number of benzene rings is 1. The Morgan fingerprint density at radius 2 is 2.19 bits per heavy atom. The summed E-state index contributed by atoms with van der Waals surface area (Å²) in [7, 11) is 0. The maximum Gasteiger partial charge on any atom is 0.137 e. The SMILES string of the molecule is CC(C)CNC/C=C/c1ccc(Br)c(F)c1. The van der Waals surface area contributed by atoms with Crippen molar-refractivity contribution in [2.75, 3.05) is 13.1 Å². The van der Waals surface area contributed by atoms with Gasteiger partial charge >= 0.3 is 0 Å². The van der Waals surface area contributed by atoms with Crippen molar-refractivity contribution in [1.29, 1.82) is 0 Å². The molecule has 0 aliphatic heterocycles. The Labute approximate surface area is 105 Å². The van der Waals surface area contributed by atoms with Gasteiger partial charge in [0.05, 0.1) is 4.47 Å². The van der Waals surface area contributed by atoms with E-state index in [1.165, 1.54) is 6.07 Å². The lowest BCUT2D eigenvalue weighted by atomic mass is 10.2. The first-order valence-corrected chi connectivity index (χ1v) is 6.21. The molecule has 0 amide bonds. The van der Waals surface area contributed by atoms with Gasteiger partial charge in [0.25, 0.3) is 0 Å². The maximum atomic E-state index is 13.2. The third kappa shape index (κ3) is 4.90. The summed E-state index contributed by atoms with van der Waals surface area (Å²) in [5, 5.41) is 3.29. The summed E-state index contributed by atoms with van der Waals surface area (Å²) in [6.07, 6.45) is 3.92. The van der Waals surface area contributed by atoms with Gasteiger partial charge in [-0.25, -0.2) is 4.39 Å². The van der Waals surface area contributed by atoms with Crippen LogP contribution in [-0.2, 0) is 0 Å². The van der Waals surface area contributed by atoms with Crippen LogP contribution in [0.1, 0.15) is 19.4 Å². The largest absolute Gasteiger partial charge is 0.313 e. The van der Waals surface area contributed by atoms with Gasteiger partial charge in [0.2, 0.25) is 0 Å². The van der Waals surface area contributed by atoms with Crippen LogP contribution in [0.4, 0.5) is 4.39 Å². The van der Waals surface area contributed by atoms with Crippen LogP contribution in [0.5, 0.6) is 0 Å². The average molecular weight is 286 g/mol. The van der Waals surface area contributed by atoms with Gasteiger partial charge < -0.3 is 5.32 Å². The summed E-state index contributed by atoms with van der Waals surface area (Å²) >= 11 is 3.13. The van der Waals surface area contributed by atoms with Gasteiger partial charge in [0.15, 0.2) is 0 Å². The van der Waals surface area contributed by atoms with E-state index in [1.807, 2.05) is 18.2 Å². The van der Waals surface area contributed by atoms with Gasteiger partial charge in [-0.2, -0.15) is 0 Å². The molecule has 0 bridgehead atoms. The van der Waals surface area contributed by atoms with Crippen LogP contribution >= 0.6 is 15.9 Å². The zero-order chi connectivity index (χ0) is 12.0. The smallest absolute Gasteiger partial charge is 0.137 e. The summed E-state index contributed by atoms with van der Waals surface area (Å²) in [5.74, 6) is 0.427. The highest BCUT2D eigenvalue weighted by molar-refractivity contribution is 9.10. The first kappa shape index (κ1) is 13.4. The predicted octanol–water partition coefficient (Wildman–Crippen LogP) is 3.85. The molecular weight excluding hydrogens is 269 g/mol. The summed E-state index contributed by atoms with van der Waals surface area (Å²) in [6.45, 7) is 6.15. The molecular formula is C13H17BrFN. The first-order valence-electron chi connectivity index (χ1n) is 5.42. The zero-order valence-electron chi connectivity index (χ0n) is 9.63. The van der Waals surface area contributed by atoms with Crippen molar-refractivity contribution < 1.29 is 4.39 Å².